The maximum atomic E-state index is 13.0. The number of nitrogens with zero attached hydrogens (tertiary/aromatic N) is 3. The van der Waals surface area contributed by atoms with Crippen molar-refractivity contribution >= 4 is 38.4 Å². The van der Waals surface area contributed by atoms with Gasteiger partial charge in [-0.15, -0.1) is 11.8 Å². The number of azo groups is 1. The maximum absolute atomic E-state index is 13.0. The Labute approximate surface area is 158 Å². The fourth-order valence-electron chi connectivity index (χ4n) is 2.33. The van der Waals surface area contributed by atoms with E-state index in [2.05, 4.69) is 31.2 Å². The fraction of sp³-hybridized carbons (Fsp3) is 0.533. The quantitative estimate of drug-likeness (QED) is 0.277. The molecule has 1 aliphatic heterocycles. The fourth-order valence-corrected chi connectivity index (χ4v) is 3.68. The summed E-state index contributed by atoms with van der Waals surface area (Å²) in [5.74, 6) is 0.475. The molecular formula is C15H14BrF6N3S. The average Bonchev–Trinajstić information content (AvgIpc) is 2.91. The predicted molar refractivity (Wildman–Crippen MR) is 92.1 cm³/mol. The lowest BCUT2D eigenvalue weighted by atomic mass is 9.96. The highest BCUT2D eigenvalue weighted by Gasteiger charge is 2.50. The van der Waals surface area contributed by atoms with Crippen LogP contribution in [0.1, 0.15) is 25.8 Å². The van der Waals surface area contributed by atoms with E-state index < -0.39 is 35.9 Å². The Balaban J connectivity index is 2.41. The third kappa shape index (κ3) is 4.79. The summed E-state index contributed by atoms with van der Waals surface area (Å²) in [6, 6.07) is 1.46. The summed E-state index contributed by atoms with van der Waals surface area (Å²) < 4.78 is 77.6. The first-order chi connectivity index (χ1) is 11.9. The first-order valence-corrected chi connectivity index (χ1v) is 9.22. The van der Waals surface area contributed by atoms with Gasteiger partial charge in [0.15, 0.2) is 6.04 Å². The number of thioether (sulfide) groups is 1. The number of rotatable bonds is 3. The van der Waals surface area contributed by atoms with Crippen molar-refractivity contribution in [2.24, 2.45) is 15.2 Å². The highest BCUT2D eigenvalue weighted by molar-refractivity contribution is 9.10. The van der Waals surface area contributed by atoms with Gasteiger partial charge in [-0.2, -0.15) is 36.6 Å². The molecule has 0 fully saturated rings. The molecule has 1 heterocycles. The lowest BCUT2D eigenvalue weighted by Gasteiger charge is -2.22. The van der Waals surface area contributed by atoms with Crippen molar-refractivity contribution in [3.63, 3.8) is 0 Å². The van der Waals surface area contributed by atoms with Crippen LogP contribution in [0.5, 0.6) is 0 Å². The van der Waals surface area contributed by atoms with Gasteiger partial charge < -0.3 is 0 Å². The average molecular weight is 462 g/mol. The second-order valence-corrected chi connectivity index (χ2v) is 7.87. The summed E-state index contributed by atoms with van der Waals surface area (Å²) in [6.07, 6.45) is -9.53. The molecule has 0 saturated carbocycles. The molecule has 1 aliphatic rings. The molecule has 26 heavy (non-hydrogen) atoms. The van der Waals surface area contributed by atoms with Crippen molar-refractivity contribution in [3.8, 4) is 0 Å². The summed E-state index contributed by atoms with van der Waals surface area (Å²) in [7, 11) is 0. The highest BCUT2D eigenvalue weighted by Crippen LogP contribution is 2.41. The first-order valence-electron chi connectivity index (χ1n) is 7.44. The Morgan fingerprint density at radius 1 is 1.31 bits per heavy atom. The van der Waals surface area contributed by atoms with Crippen molar-refractivity contribution in [2.45, 2.75) is 44.2 Å². The van der Waals surface area contributed by atoms with Gasteiger partial charge in [0, 0.05) is 10.9 Å². The van der Waals surface area contributed by atoms with Crippen LogP contribution in [0, 0.1) is 0 Å². The van der Waals surface area contributed by atoms with Gasteiger partial charge in [0.2, 0.25) is 0 Å². The third-order valence-electron chi connectivity index (χ3n) is 3.61. The molecule has 2 rings (SSSR count). The zero-order valence-electron chi connectivity index (χ0n) is 13.6. The van der Waals surface area contributed by atoms with E-state index in [1.165, 1.54) is 19.1 Å². The molecular weight excluding hydrogens is 448 g/mol. The van der Waals surface area contributed by atoms with Crippen LogP contribution >= 0.6 is 27.7 Å². The molecule has 2 atom stereocenters. The predicted octanol–water partition coefficient (Wildman–Crippen LogP) is 6.80. The molecule has 0 aliphatic carbocycles. The number of hydrogen-bond acceptors (Lipinski definition) is 4. The summed E-state index contributed by atoms with van der Waals surface area (Å²) in [5.41, 5.74) is -2.25. The van der Waals surface area contributed by atoms with E-state index in [-0.39, 0.29) is 15.2 Å². The Morgan fingerprint density at radius 3 is 2.46 bits per heavy atom. The number of halogens is 7. The van der Waals surface area contributed by atoms with Crippen molar-refractivity contribution in [2.75, 3.05) is 5.75 Å². The molecule has 0 aromatic heterocycles. The van der Waals surface area contributed by atoms with Gasteiger partial charge in [0.25, 0.3) is 0 Å². The lowest BCUT2D eigenvalue weighted by Crippen LogP contribution is -2.35. The Kier molecular flexibility index (Phi) is 6.11. The van der Waals surface area contributed by atoms with Crippen LogP contribution in [0.3, 0.4) is 0 Å². The van der Waals surface area contributed by atoms with Gasteiger partial charge in [-0.1, -0.05) is 22.9 Å². The van der Waals surface area contributed by atoms with Crippen LogP contribution in [0.15, 0.2) is 37.9 Å². The summed E-state index contributed by atoms with van der Waals surface area (Å²) in [5, 5.41) is 7.24. The number of benzene rings is 1. The standard InChI is InChI=1S/C15H14BrF6N3S/c1-3-26-12(13(2)7-11(24-25-13)15(20,21)22)23-8-4-5-10(16)9(6-8)14(17,18)19/h4-6,11H,3,7H2,1-2H3. The van der Waals surface area contributed by atoms with Crippen LogP contribution in [0.25, 0.3) is 0 Å². The van der Waals surface area contributed by atoms with Gasteiger partial charge in [-0.25, -0.2) is 4.99 Å². The Hall–Kier alpha value is -1.10. The summed E-state index contributed by atoms with van der Waals surface area (Å²) in [6.45, 7) is 3.22. The second kappa shape index (κ2) is 7.49. The molecule has 1 aromatic carbocycles. The molecule has 1 aromatic rings. The van der Waals surface area contributed by atoms with Gasteiger partial charge in [0.1, 0.15) is 10.6 Å². The van der Waals surface area contributed by atoms with E-state index in [9.17, 15) is 26.3 Å². The molecule has 3 nitrogen and oxygen atoms in total. The van der Waals surface area contributed by atoms with E-state index >= 15 is 0 Å². The van der Waals surface area contributed by atoms with Gasteiger partial charge >= 0.3 is 12.4 Å². The molecule has 0 spiro atoms. The normalized spacial score (nSPS) is 24.3. The molecule has 0 N–H and O–H groups in total. The Bertz CT molecular complexity index is 731. The number of hydrogen-bond donors (Lipinski definition) is 0. The largest absolute Gasteiger partial charge is 0.417 e. The zero-order valence-corrected chi connectivity index (χ0v) is 16.0. The van der Waals surface area contributed by atoms with E-state index in [1.807, 2.05) is 0 Å². The van der Waals surface area contributed by atoms with Crippen molar-refractivity contribution in [3.05, 3.63) is 28.2 Å². The van der Waals surface area contributed by atoms with Gasteiger partial charge in [-0.05, 0) is 30.9 Å². The van der Waals surface area contributed by atoms with Crippen molar-refractivity contribution in [1.29, 1.82) is 0 Å². The molecule has 144 valence electrons. The highest BCUT2D eigenvalue weighted by atomic mass is 79.9. The van der Waals surface area contributed by atoms with Crippen molar-refractivity contribution in [1.82, 2.24) is 0 Å². The molecule has 0 radical (unpaired) electrons. The number of aliphatic imine (C=N–C) groups is 1. The monoisotopic (exact) mass is 461 g/mol. The van der Waals surface area contributed by atoms with E-state index in [4.69, 9.17) is 0 Å². The van der Waals surface area contributed by atoms with Gasteiger partial charge in [-0.3, -0.25) is 0 Å². The van der Waals surface area contributed by atoms with Gasteiger partial charge in [0.05, 0.1) is 11.3 Å². The lowest BCUT2D eigenvalue weighted by molar-refractivity contribution is -0.147. The van der Waals surface area contributed by atoms with E-state index in [0.29, 0.717) is 5.75 Å². The van der Waals surface area contributed by atoms with Crippen LogP contribution < -0.4 is 0 Å². The first kappa shape index (κ1) is 21.2. The minimum atomic E-state index is -4.58. The topological polar surface area (TPSA) is 37.1 Å². The molecule has 0 amide bonds. The Morgan fingerprint density at radius 2 is 1.96 bits per heavy atom. The molecule has 0 bridgehead atoms. The van der Waals surface area contributed by atoms with Crippen LogP contribution in [0.4, 0.5) is 32.0 Å². The second-order valence-electron chi connectivity index (χ2n) is 5.76. The minimum absolute atomic E-state index is 0.0108. The summed E-state index contributed by atoms with van der Waals surface area (Å²) >= 11 is 3.97. The SMILES string of the molecule is CCSC(=Nc1ccc(Br)c(C(F)(F)F)c1)C1(C)CC(C(F)(F)F)N=N1. The summed E-state index contributed by atoms with van der Waals surface area (Å²) in [4.78, 5) is 4.17. The van der Waals surface area contributed by atoms with Crippen molar-refractivity contribution < 1.29 is 26.3 Å². The zero-order chi connectivity index (χ0) is 19.8. The van der Waals surface area contributed by atoms with Crippen LogP contribution in [-0.4, -0.2) is 28.6 Å². The molecule has 11 heteroatoms. The molecule has 2 unspecified atom stereocenters. The van der Waals surface area contributed by atoms with Crippen LogP contribution in [-0.2, 0) is 6.18 Å². The number of alkyl halides is 6. The molecule has 0 saturated heterocycles. The smallest absolute Gasteiger partial charge is 0.244 e. The van der Waals surface area contributed by atoms with E-state index in [0.717, 1.165) is 17.8 Å². The minimum Gasteiger partial charge on any atom is -0.244 e. The third-order valence-corrected chi connectivity index (χ3v) is 5.40. The van der Waals surface area contributed by atoms with E-state index in [1.54, 1.807) is 6.92 Å². The van der Waals surface area contributed by atoms with Crippen LogP contribution in [0.2, 0.25) is 0 Å². The maximum Gasteiger partial charge on any atom is 0.417 e.